The summed E-state index contributed by atoms with van der Waals surface area (Å²) in [7, 11) is 0. The van der Waals surface area contributed by atoms with Gasteiger partial charge in [0, 0.05) is 29.9 Å². The number of amides is 1. The molecule has 7 heteroatoms. The molecule has 0 bridgehead atoms. The molecule has 0 radical (unpaired) electrons. The number of carboxylic acids is 1. The second-order valence-corrected chi connectivity index (χ2v) is 6.28. The molecular weight excluding hydrogens is 296 g/mol. The Morgan fingerprint density at radius 2 is 2.35 bits per heavy atom. The molecule has 0 aliphatic rings. The van der Waals surface area contributed by atoms with Crippen molar-refractivity contribution < 1.29 is 14.7 Å². The predicted molar refractivity (Wildman–Crippen MR) is 82.0 cm³/mol. The van der Waals surface area contributed by atoms with E-state index in [0.29, 0.717) is 12.2 Å². The van der Waals surface area contributed by atoms with Gasteiger partial charge in [0.15, 0.2) is 0 Å². The number of rotatable bonds is 9. The summed E-state index contributed by atoms with van der Waals surface area (Å²) in [5.41, 5.74) is 1.03. The van der Waals surface area contributed by atoms with Crippen LogP contribution in [0.2, 0.25) is 0 Å². The Balaban J connectivity index is 2.29. The highest BCUT2D eigenvalue weighted by Gasteiger charge is 2.14. The van der Waals surface area contributed by atoms with Crippen molar-refractivity contribution in [2.75, 3.05) is 18.8 Å². The number of aryl methyl sites for hydroxylation is 1. The number of aromatic nitrogens is 1. The van der Waals surface area contributed by atoms with E-state index >= 15 is 0 Å². The van der Waals surface area contributed by atoms with Crippen molar-refractivity contribution in [2.24, 2.45) is 0 Å². The van der Waals surface area contributed by atoms with Crippen molar-refractivity contribution >= 4 is 35.0 Å². The van der Waals surface area contributed by atoms with Crippen LogP contribution in [0.1, 0.15) is 17.1 Å². The lowest BCUT2D eigenvalue weighted by Gasteiger charge is -2.18. The Bertz CT molecular complexity index is 474. The fourth-order valence-electron chi connectivity index (χ4n) is 1.54. The van der Waals surface area contributed by atoms with E-state index in [1.807, 2.05) is 12.3 Å². The zero-order chi connectivity index (χ0) is 15.0. The van der Waals surface area contributed by atoms with Crippen molar-refractivity contribution in [3.8, 4) is 0 Å². The van der Waals surface area contributed by atoms with Crippen molar-refractivity contribution in [3.05, 3.63) is 28.7 Å². The summed E-state index contributed by atoms with van der Waals surface area (Å²) in [6.45, 7) is 5.48. The van der Waals surface area contributed by atoms with Crippen LogP contribution in [0.15, 0.2) is 18.0 Å². The molecule has 1 amide bonds. The number of aliphatic carboxylic acids is 1. The molecule has 0 fully saturated rings. The number of carbonyl (C=O) groups excluding carboxylic acids is 1. The molecule has 110 valence electrons. The Hall–Kier alpha value is -1.34. The first-order chi connectivity index (χ1) is 9.52. The number of carbonyl (C=O) groups is 2. The van der Waals surface area contributed by atoms with Crippen LogP contribution in [-0.4, -0.2) is 45.7 Å². The molecule has 0 aliphatic carbocycles. The van der Waals surface area contributed by atoms with Gasteiger partial charge in [-0.15, -0.1) is 17.9 Å². The summed E-state index contributed by atoms with van der Waals surface area (Å²) in [4.78, 5) is 28.2. The molecule has 0 atom stereocenters. The highest BCUT2D eigenvalue weighted by atomic mass is 32.2. The summed E-state index contributed by atoms with van der Waals surface area (Å²) >= 11 is 3.24. The van der Waals surface area contributed by atoms with Crippen LogP contribution in [0.5, 0.6) is 0 Å². The van der Waals surface area contributed by atoms with E-state index in [-0.39, 0.29) is 19.0 Å². The van der Waals surface area contributed by atoms with Gasteiger partial charge in [-0.1, -0.05) is 6.08 Å². The number of hydrogen-bond donors (Lipinski definition) is 1. The van der Waals surface area contributed by atoms with E-state index in [4.69, 9.17) is 5.11 Å². The lowest BCUT2D eigenvalue weighted by atomic mass is 10.3. The highest BCUT2D eigenvalue weighted by molar-refractivity contribution is 7.98. The standard InChI is InChI=1S/C13H18N2O3S2/c1-3-5-15(7-13(17)18)12(16)4-6-19-8-11-9-20-10(2)14-11/h3,9H,1,4-8H2,2H3,(H,17,18). The molecule has 1 rings (SSSR count). The van der Waals surface area contributed by atoms with Crippen molar-refractivity contribution in [1.29, 1.82) is 0 Å². The van der Waals surface area contributed by atoms with E-state index in [2.05, 4.69) is 11.6 Å². The largest absolute Gasteiger partial charge is 0.480 e. The molecule has 0 saturated carbocycles. The lowest BCUT2D eigenvalue weighted by Crippen LogP contribution is -2.35. The van der Waals surface area contributed by atoms with Gasteiger partial charge in [-0.05, 0) is 6.92 Å². The van der Waals surface area contributed by atoms with Crippen LogP contribution in [-0.2, 0) is 15.3 Å². The first-order valence-electron chi connectivity index (χ1n) is 6.12. The van der Waals surface area contributed by atoms with Crippen LogP contribution < -0.4 is 0 Å². The molecule has 1 aromatic heterocycles. The molecule has 20 heavy (non-hydrogen) atoms. The first kappa shape index (κ1) is 16.7. The van der Waals surface area contributed by atoms with Gasteiger partial charge in [0.25, 0.3) is 0 Å². The molecule has 0 aliphatic heterocycles. The minimum atomic E-state index is -1.01. The van der Waals surface area contributed by atoms with Crippen molar-refractivity contribution in [2.45, 2.75) is 19.1 Å². The number of hydrogen-bond acceptors (Lipinski definition) is 5. The SMILES string of the molecule is C=CCN(CC(=O)O)C(=O)CCSCc1csc(C)n1. The molecule has 5 nitrogen and oxygen atoms in total. The Morgan fingerprint density at radius 1 is 1.60 bits per heavy atom. The monoisotopic (exact) mass is 314 g/mol. The number of carboxylic acid groups (broad SMARTS) is 1. The Labute approximate surface area is 126 Å². The fraction of sp³-hybridized carbons (Fsp3) is 0.462. The second kappa shape index (κ2) is 8.76. The quantitative estimate of drug-likeness (QED) is 0.559. The summed E-state index contributed by atoms with van der Waals surface area (Å²) < 4.78 is 0. The van der Waals surface area contributed by atoms with Gasteiger partial charge in [-0.3, -0.25) is 9.59 Å². The van der Waals surface area contributed by atoms with Gasteiger partial charge in [0.2, 0.25) is 5.91 Å². The van der Waals surface area contributed by atoms with Crippen molar-refractivity contribution in [1.82, 2.24) is 9.88 Å². The van der Waals surface area contributed by atoms with E-state index in [9.17, 15) is 9.59 Å². The van der Waals surface area contributed by atoms with Gasteiger partial charge < -0.3 is 10.0 Å². The Kier molecular flexibility index (Phi) is 7.32. The lowest BCUT2D eigenvalue weighted by molar-refractivity contribution is -0.143. The number of thioether (sulfide) groups is 1. The van der Waals surface area contributed by atoms with Gasteiger partial charge >= 0.3 is 5.97 Å². The van der Waals surface area contributed by atoms with Gasteiger partial charge in [0.05, 0.1) is 10.7 Å². The second-order valence-electron chi connectivity index (χ2n) is 4.12. The topological polar surface area (TPSA) is 70.5 Å². The molecular formula is C13H18N2O3S2. The number of nitrogens with zero attached hydrogens (tertiary/aromatic N) is 2. The average molecular weight is 314 g/mol. The van der Waals surface area contributed by atoms with Crippen LogP contribution in [0.25, 0.3) is 0 Å². The normalized spacial score (nSPS) is 10.2. The van der Waals surface area contributed by atoms with Crippen LogP contribution in [0, 0.1) is 6.92 Å². The highest BCUT2D eigenvalue weighted by Crippen LogP contribution is 2.16. The van der Waals surface area contributed by atoms with Gasteiger partial charge in [0.1, 0.15) is 6.54 Å². The van der Waals surface area contributed by atoms with E-state index in [1.165, 1.54) is 11.0 Å². The summed E-state index contributed by atoms with van der Waals surface area (Å²) in [5, 5.41) is 11.8. The maximum atomic E-state index is 11.9. The smallest absolute Gasteiger partial charge is 0.323 e. The predicted octanol–water partition coefficient (Wildman–Crippen LogP) is 2.17. The van der Waals surface area contributed by atoms with Crippen LogP contribution in [0.3, 0.4) is 0 Å². The fourth-order valence-corrected chi connectivity index (χ4v) is 3.08. The molecule has 1 heterocycles. The average Bonchev–Trinajstić information content (AvgIpc) is 2.79. The maximum Gasteiger partial charge on any atom is 0.323 e. The molecule has 0 aromatic carbocycles. The summed E-state index contributed by atoms with van der Waals surface area (Å²) in [5.74, 6) is 0.265. The van der Waals surface area contributed by atoms with Crippen LogP contribution in [0.4, 0.5) is 0 Å². The minimum Gasteiger partial charge on any atom is -0.480 e. The third kappa shape index (κ3) is 6.21. The molecule has 1 aromatic rings. The van der Waals surface area contributed by atoms with E-state index in [0.717, 1.165) is 16.5 Å². The molecule has 0 saturated heterocycles. The Morgan fingerprint density at radius 3 is 2.90 bits per heavy atom. The minimum absolute atomic E-state index is 0.158. The third-order valence-corrected chi connectivity index (χ3v) is 4.22. The summed E-state index contributed by atoms with van der Waals surface area (Å²) in [6.07, 6.45) is 1.86. The summed E-state index contributed by atoms with van der Waals surface area (Å²) in [6, 6.07) is 0. The molecule has 0 spiro atoms. The van der Waals surface area contributed by atoms with E-state index in [1.54, 1.807) is 23.1 Å². The zero-order valence-corrected chi connectivity index (χ0v) is 13.0. The van der Waals surface area contributed by atoms with Crippen LogP contribution >= 0.6 is 23.1 Å². The first-order valence-corrected chi connectivity index (χ1v) is 8.15. The van der Waals surface area contributed by atoms with Gasteiger partial charge in [-0.2, -0.15) is 11.8 Å². The maximum absolute atomic E-state index is 11.9. The number of thiazole rings is 1. The van der Waals surface area contributed by atoms with Gasteiger partial charge in [-0.25, -0.2) is 4.98 Å². The zero-order valence-electron chi connectivity index (χ0n) is 11.4. The van der Waals surface area contributed by atoms with E-state index < -0.39 is 5.97 Å². The van der Waals surface area contributed by atoms with Crippen molar-refractivity contribution in [3.63, 3.8) is 0 Å². The third-order valence-electron chi connectivity index (χ3n) is 2.41. The molecule has 0 unspecified atom stereocenters. The molecule has 1 N–H and O–H groups in total.